The van der Waals surface area contributed by atoms with Gasteiger partial charge in [-0.3, -0.25) is 4.79 Å². The number of amides is 1. The number of likely N-dealkylation sites (tertiary alicyclic amines) is 1. The molecule has 5 aromatic rings. The maximum atomic E-state index is 14.3. The molecule has 0 radical (unpaired) electrons. The Morgan fingerprint density at radius 3 is 2.65 bits per heavy atom. The highest BCUT2D eigenvalue weighted by Gasteiger charge is 2.31. The van der Waals surface area contributed by atoms with Gasteiger partial charge in [0.2, 0.25) is 0 Å². The van der Waals surface area contributed by atoms with E-state index >= 15 is 0 Å². The molecular formula is C35H38ClFN6O3. The first kappa shape index (κ1) is 30.7. The Kier molecular flexibility index (Phi) is 7.99. The summed E-state index contributed by atoms with van der Waals surface area (Å²) in [6, 6.07) is 15.1. The number of hydrogen-bond donors (Lipinski definition) is 2. The molecule has 1 unspecified atom stereocenters. The van der Waals surface area contributed by atoms with Crippen molar-refractivity contribution in [3.05, 3.63) is 64.7 Å². The van der Waals surface area contributed by atoms with Crippen LogP contribution < -0.4 is 10.5 Å². The molecule has 2 fully saturated rings. The van der Waals surface area contributed by atoms with Crippen molar-refractivity contribution in [3.63, 3.8) is 0 Å². The highest BCUT2D eigenvalue weighted by molar-refractivity contribution is 6.31. The van der Waals surface area contributed by atoms with E-state index in [0.29, 0.717) is 34.3 Å². The van der Waals surface area contributed by atoms with Crippen LogP contribution in [0.5, 0.6) is 5.75 Å². The predicted octanol–water partition coefficient (Wildman–Crippen LogP) is 5.94. The smallest absolute Gasteiger partial charge is 0.254 e. The van der Waals surface area contributed by atoms with Gasteiger partial charge in [-0.1, -0.05) is 30.7 Å². The number of aliphatic hydroxyl groups excluding tert-OH is 1. The fourth-order valence-electron chi connectivity index (χ4n) is 6.64. The summed E-state index contributed by atoms with van der Waals surface area (Å²) in [7, 11) is 3.52. The standard InChI is InChI=1S/C35H38ClFN6O3/c1-19(18-44)26-8-6-21(10-27(26)36)28-9-7-22-12-30(43(33(22)39-28)15-20-4-5-20)34-40-29-11-23(13-31(46-3)32(29)41(34)2)35(45)42-16-24(37)14-25(38)17-42/h6-13,19-20,24-25,44H,4-5,14-18,38H2,1-3H3/t19?,24-,25-/m1/s1. The van der Waals surface area contributed by atoms with E-state index in [0.717, 1.165) is 51.4 Å². The van der Waals surface area contributed by atoms with Gasteiger partial charge in [-0.2, -0.15) is 0 Å². The number of aryl methyl sites for hydroxylation is 1. The molecule has 11 heteroatoms. The van der Waals surface area contributed by atoms with E-state index in [1.54, 1.807) is 19.2 Å². The number of aromatic nitrogens is 4. The van der Waals surface area contributed by atoms with Crippen molar-refractivity contribution in [2.75, 3.05) is 26.8 Å². The van der Waals surface area contributed by atoms with E-state index in [2.05, 4.69) is 16.7 Å². The Morgan fingerprint density at radius 1 is 1.15 bits per heavy atom. The van der Waals surface area contributed by atoms with Gasteiger partial charge in [-0.25, -0.2) is 14.4 Å². The van der Waals surface area contributed by atoms with Gasteiger partial charge in [-0.05, 0) is 67.1 Å². The Balaban J connectivity index is 1.31. The lowest BCUT2D eigenvalue weighted by Crippen LogP contribution is -2.50. The minimum atomic E-state index is -1.14. The summed E-state index contributed by atoms with van der Waals surface area (Å²) >= 11 is 6.62. The number of nitrogens with two attached hydrogens (primary N) is 1. The summed E-state index contributed by atoms with van der Waals surface area (Å²) in [5, 5.41) is 11.2. The Morgan fingerprint density at radius 2 is 1.96 bits per heavy atom. The second-order valence-electron chi connectivity index (χ2n) is 12.9. The molecule has 3 aromatic heterocycles. The third-order valence-electron chi connectivity index (χ3n) is 9.33. The van der Waals surface area contributed by atoms with E-state index < -0.39 is 12.2 Å². The molecule has 2 aromatic carbocycles. The Labute approximate surface area is 271 Å². The number of benzene rings is 2. The maximum absolute atomic E-state index is 14.3. The third-order valence-corrected chi connectivity index (χ3v) is 9.66. The van der Waals surface area contributed by atoms with E-state index in [9.17, 15) is 14.3 Å². The minimum absolute atomic E-state index is 0.0226. The first-order chi connectivity index (χ1) is 22.1. The number of halogens is 2. The molecular weight excluding hydrogens is 607 g/mol. The van der Waals surface area contributed by atoms with Gasteiger partial charge in [-0.15, -0.1) is 0 Å². The molecule has 46 heavy (non-hydrogen) atoms. The van der Waals surface area contributed by atoms with E-state index in [4.69, 9.17) is 32.0 Å². The van der Waals surface area contributed by atoms with E-state index in [1.807, 2.05) is 42.8 Å². The lowest BCUT2D eigenvalue weighted by Gasteiger charge is -2.33. The molecule has 1 saturated carbocycles. The molecule has 9 nitrogen and oxygen atoms in total. The Bertz CT molecular complexity index is 1960. The normalized spacial score (nSPS) is 19.2. The van der Waals surface area contributed by atoms with Gasteiger partial charge >= 0.3 is 0 Å². The van der Waals surface area contributed by atoms with Crippen LogP contribution in [0, 0.1) is 5.92 Å². The van der Waals surface area contributed by atoms with Crippen LogP contribution in [0.4, 0.5) is 4.39 Å². The van der Waals surface area contributed by atoms with E-state index in [1.165, 1.54) is 17.7 Å². The van der Waals surface area contributed by atoms with Gasteiger partial charge in [0.15, 0.2) is 5.82 Å². The topological polar surface area (TPSA) is 111 Å². The average molecular weight is 645 g/mol. The summed E-state index contributed by atoms with van der Waals surface area (Å²) in [5.74, 6) is 1.47. The molecule has 240 valence electrons. The number of aliphatic hydroxyl groups is 1. The summed E-state index contributed by atoms with van der Waals surface area (Å²) in [6.07, 6.45) is 1.44. The van der Waals surface area contributed by atoms with Crippen LogP contribution in [0.2, 0.25) is 5.02 Å². The largest absolute Gasteiger partial charge is 0.494 e. The van der Waals surface area contributed by atoms with Crippen molar-refractivity contribution in [1.82, 2.24) is 24.0 Å². The Hall–Kier alpha value is -3.99. The number of rotatable bonds is 8. The molecule has 3 N–H and O–H groups in total. The fourth-order valence-corrected chi connectivity index (χ4v) is 7.01. The summed E-state index contributed by atoms with van der Waals surface area (Å²) < 4.78 is 24.3. The number of carbonyl (C=O) groups excluding carboxylic acids is 1. The molecule has 1 saturated heterocycles. The zero-order valence-corrected chi connectivity index (χ0v) is 27.0. The number of fused-ring (bicyclic) bond motifs is 2. The van der Waals surface area contributed by atoms with Gasteiger partial charge in [0.25, 0.3) is 5.91 Å². The molecule has 1 aliphatic heterocycles. The lowest BCUT2D eigenvalue weighted by molar-refractivity contribution is 0.0606. The number of piperidine rings is 1. The van der Waals surface area contributed by atoms with Crippen LogP contribution in [0.25, 0.3) is 44.8 Å². The van der Waals surface area contributed by atoms with Gasteiger partial charge in [0.1, 0.15) is 23.1 Å². The molecule has 1 aliphatic carbocycles. The lowest BCUT2D eigenvalue weighted by atomic mass is 9.99. The van der Waals surface area contributed by atoms with Crippen molar-refractivity contribution in [2.24, 2.45) is 18.7 Å². The highest BCUT2D eigenvalue weighted by atomic mass is 35.5. The number of nitrogens with zero attached hydrogens (tertiary/aromatic N) is 5. The first-order valence-corrected chi connectivity index (χ1v) is 16.2. The van der Waals surface area contributed by atoms with Crippen LogP contribution in [0.3, 0.4) is 0 Å². The molecule has 4 heterocycles. The van der Waals surface area contributed by atoms with Crippen molar-refractivity contribution in [2.45, 2.75) is 50.9 Å². The SMILES string of the molecule is COc1cc(C(=O)N2C[C@H](N)C[C@@H](F)C2)cc2nc(-c3cc4ccc(-c5ccc(C(C)CO)c(Cl)c5)nc4n3CC3CC3)n(C)c12. The molecule has 3 atom stereocenters. The number of imidazole rings is 1. The second-order valence-corrected chi connectivity index (χ2v) is 13.3. The highest BCUT2D eigenvalue weighted by Crippen LogP contribution is 2.38. The van der Waals surface area contributed by atoms with Gasteiger partial charge < -0.3 is 29.6 Å². The van der Waals surface area contributed by atoms with Crippen LogP contribution in [0.1, 0.15) is 48.0 Å². The molecule has 0 spiro atoms. The van der Waals surface area contributed by atoms with Crippen molar-refractivity contribution < 1.29 is 19.0 Å². The number of methoxy groups -OCH3 is 1. The fraction of sp³-hybridized carbons (Fsp3) is 0.400. The number of hydrogen-bond acceptors (Lipinski definition) is 6. The molecule has 7 rings (SSSR count). The predicted molar refractivity (Wildman–Crippen MR) is 178 cm³/mol. The number of pyridine rings is 1. The van der Waals surface area contributed by atoms with Gasteiger partial charge in [0.05, 0.1) is 30.6 Å². The zero-order valence-electron chi connectivity index (χ0n) is 26.2. The number of ether oxygens (including phenoxy) is 1. The summed E-state index contributed by atoms with van der Waals surface area (Å²) in [5.41, 5.74) is 12.2. The molecule has 2 aliphatic rings. The molecule has 0 bridgehead atoms. The number of carbonyl (C=O) groups is 1. The van der Waals surface area contributed by atoms with Crippen molar-refractivity contribution in [1.29, 1.82) is 0 Å². The monoisotopic (exact) mass is 644 g/mol. The van der Waals surface area contributed by atoms with E-state index in [-0.39, 0.29) is 31.4 Å². The van der Waals surface area contributed by atoms with Gasteiger partial charge in [0, 0.05) is 60.2 Å². The molecule has 1 amide bonds. The summed E-state index contributed by atoms with van der Waals surface area (Å²) in [4.78, 5) is 25.1. The number of alkyl halides is 1. The van der Waals surface area contributed by atoms with Crippen molar-refractivity contribution >= 4 is 39.6 Å². The van der Waals surface area contributed by atoms with Crippen LogP contribution >= 0.6 is 11.6 Å². The summed E-state index contributed by atoms with van der Waals surface area (Å²) in [6.45, 7) is 3.11. The average Bonchev–Trinajstić information content (AvgIpc) is 3.72. The van der Waals surface area contributed by atoms with Crippen LogP contribution in [-0.2, 0) is 13.6 Å². The first-order valence-electron chi connectivity index (χ1n) is 15.8. The van der Waals surface area contributed by atoms with Crippen LogP contribution in [-0.4, -0.2) is 74.0 Å². The minimum Gasteiger partial charge on any atom is -0.494 e. The maximum Gasteiger partial charge on any atom is 0.254 e. The quantitative estimate of drug-likeness (QED) is 0.216. The second kappa shape index (κ2) is 12.0. The van der Waals surface area contributed by atoms with Crippen molar-refractivity contribution in [3.8, 4) is 28.5 Å². The zero-order chi connectivity index (χ0) is 32.3. The third kappa shape index (κ3) is 5.52. The van der Waals surface area contributed by atoms with Crippen LogP contribution in [0.15, 0.2) is 48.5 Å².